The quantitative estimate of drug-likeness (QED) is 0.776. The maximum Gasteiger partial charge on any atom is 0.241 e. The molecule has 1 aromatic rings. The average Bonchev–Trinajstić information content (AvgIpc) is 3.29. The van der Waals surface area contributed by atoms with E-state index >= 15 is 0 Å². The van der Waals surface area contributed by atoms with Crippen LogP contribution in [0.4, 0.5) is 0 Å². The summed E-state index contributed by atoms with van der Waals surface area (Å²) in [5, 5.41) is 3.42. The summed E-state index contributed by atoms with van der Waals surface area (Å²) in [5.41, 5.74) is 0.736. The Kier molecular flexibility index (Phi) is 5.07. The highest BCUT2D eigenvalue weighted by molar-refractivity contribution is 7.89. The Bertz CT molecular complexity index is 558. The fraction of sp³-hybridized carbons (Fsp3) is 0.625. The number of hydrogen-bond acceptors (Lipinski definition) is 3. The van der Waals surface area contributed by atoms with Crippen molar-refractivity contribution in [2.75, 3.05) is 0 Å². The predicted molar refractivity (Wildman–Crippen MR) is 85.6 cm³/mol. The van der Waals surface area contributed by atoms with Crippen LogP contribution in [0.3, 0.4) is 0 Å². The molecule has 2 N–H and O–H groups in total. The molecule has 0 aliphatic heterocycles. The SMILES string of the molecule is CCC(C)(CC)NS(=O)(=O)c1ccc(CNC2CC2)cc1. The zero-order chi connectivity index (χ0) is 15.5. The monoisotopic (exact) mass is 310 g/mol. The highest BCUT2D eigenvalue weighted by atomic mass is 32.2. The van der Waals surface area contributed by atoms with E-state index in [1.807, 2.05) is 32.9 Å². The summed E-state index contributed by atoms with van der Waals surface area (Å²) >= 11 is 0. The third-order valence-corrected chi connectivity index (χ3v) is 6.00. The van der Waals surface area contributed by atoms with Crippen molar-refractivity contribution in [1.29, 1.82) is 0 Å². The van der Waals surface area contributed by atoms with Crippen molar-refractivity contribution >= 4 is 10.0 Å². The summed E-state index contributed by atoms with van der Waals surface area (Å²) in [6, 6.07) is 7.82. The van der Waals surface area contributed by atoms with Gasteiger partial charge in [0.15, 0.2) is 0 Å². The fourth-order valence-corrected chi connectivity index (χ4v) is 3.66. The standard InChI is InChI=1S/C16H26N2O2S/c1-4-16(3,5-2)18-21(19,20)15-10-6-13(7-11-15)12-17-14-8-9-14/h6-7,10-11,14,17-18H,4-5,8-9,12H2,1-3H3. The van der Waals surface area contributed by atoms with E-state index in [0.29, 0.717) is 10.9 Å². The van der Waals surface area contributed by atoms with Crippen LogP contribution in [0.25, 0.3) is 0 Å². The summed E-state index contributed by atoms with van der Waals surface area (Å²) in [7, 11) is -3.45. The van der Waals surface area contributed by atoms with Crippen LogP contribution in [0.1, 0.15) is 52.0 Å². The van der Waals surface area contributed by atoms with Crippen molar-refractivity contribution in [2.24, 2.45) is 0 Å². The minimum atomic E-state index is -3.45. The molecule has 1 aliphatic carbocycles. The van der Waals surface area contributed by atoms with Crippen molar-refractivity contribution in [3.8, 4) is 0 Å². The lowest BCUT2D eigenvalue weighted by atomic mass is 9.98. The van der Waals surface area contributed by atoms with E-state index < -0.39 is 10.0 Å². The van der Waals surface area contributed by atoms with Crippen LogP contribution in [0.5, 0.6) is 0 Å². The molecule has 0 spiro atoms. The van der Waals surface area contributed by atoms with Gasteiger partial charge >= 0.3 is 0 Å². The number of sulfonamides is 1. The summed E-state index contributed by atoms with van der Waals surface area (Å²) in [6.45, 7) is 6.75. The van der Waals surface area contributed by atoms with Crippen LogP contribution in [-0.2, 0) is 16.6 Å². The van der Waals surface area contributed by atoms with Crippen molar-refractivity contribution in [1.82, 2.24) is 10.0 Å². The van der Waals surface area contributed by atoms with Crippen LogP contribution >= 0.6 is 0 Å². The van der Waals surface area contributed by atoms with Gasteiger partial charge in [-0.1, -0.05) is 26.0 Å². The topological polar surface area (TPSA) is 58.2 Å². The molecular weight excluding hydrogens is 284 g/mol. The Labute approximate surface area is 128 Å². The summed E-state index contributed by atoms with van der Waals surface area (Å²) < 4.78 is 27.7. The van der Waals surface area contributed by atoms with Gasteiger partial charge < -0.3 is 5.32 Å². The van der Waals surface area contributed by atoms with Gasteiger partial charge in [-0.15, -0.1) is 0 Å². The van der Waals surface area contributed by atoms with Gasteiger partial charge in [0.25, 0.3) is 0 Å². The molecule has 0 unspecified atom stereocenters. The number of benzene rings is 1. The van der Waals surface area contributed by atoms with Crippen molar-refractivity contribution in [3.63, 3.8) is 0 Å². The Balaban J connectivity index is 2.05. The van der Waals surface area contributed by atoms with Gasteiger partial charge in [0.2, 0.25) is 10.0 Å². The minimum absolute atomic E-state index is 0.339. The van der Waals surface area contributed by atoms with Crippen molar-refractivity contribution < 1.29 is 8.42 Å². The number of rotatable bonds is 8. The second-order valence-electron chi connectivity index (χ2n) is 6.17. The fourth-order valence-electron chi connectivity index (χ4n) is 2.11. The Morgan fingerprint density at radius 3 is 2.19 bits per heavy atom. The van der Waals surface area contributed by atoms with Gasteiger partial charge in [-0.05, 0) is 50.3 Å². The zero-order valence-corrected chi connectivity index (χ0v) is 14.0. The van der Waals surface area contributed by atoms with E-state index in [1.165, 1.54) is 12.8 Å². The van der Waals surface area contributed by atoms with Gasteiger partial charge in [-0.2, -0.15) is 0 Å². The maximum atomic E-state index is 12.4. The summed E-state index contributed by atoms with van der Waals surface area (Å²) in [4.78, 5) is 0.339. The second-order valence-corrected chi connectivity index (χ2v) is 7.85. The van der Waals surface area contributed by atoms with E-state index in [2.05, 4.69) is 10.0 Å². The minimum Gasteiger partial charge on any atom is -0.310 e. The molecule has 0 saturated heterocycles. The third kappa shape index (κ3) is 4.53. The molecule has 1 aliphatic rings. The lowest BCUT2D eigenvalue weighted by molar-refractivity contribution is 0.388. The Morgan fingerprint density at radius 2 is 1.71 bits per heavy atom. The Morgan fingerprint density at radius 1 is 1.14 bits per heavy atom. The third-order valence-electron chi connectivity index (χ3n) is 4.35. The first-order valence-electron chi connectivity index (χ1n) is 7.75. The first-order chi connectivity index (χ1) is 9.88. The van der Waals surface area contributed by atoms with Crippen molar-refractivity contribution in [3.05, 3.63) is 29.8 Å². The van der Waals surface area contributed by atoms with E-state index in [0.717, 1.165) is 24.9 Å². The molecule has 1 saturated carbocycles. The van der Waals surface area contributed by atoms with Crippen LogP contribution in [0, 0.1) is 0 Å². The van der Waals surface area contributed by atoms with Crippen LogP contribution in [0.2, 0.25) is 0 Å². The molecule has 0 atom stereocenters. The van der Waals surface area contributed by atoms with E-state index in [1.54, 1.807) is 12.1 Å². The highest BCUT2D eigenvalue weighted by Crippen LogP contribution is 2.21. The maximum absolute atomic E-state index is 12.4. The van der Waals surface area contributed by atoms with Crippen LogP contribution in [-0.4, -0.2) is 20.0 Å². The molecule has 1 fully saturated rings. The molecule has 21 heavy (non-hydrogen) atoms. The normalized spacial score (nSPS) is 16.1. The average molecular weight is 310 g/mol. The van der Waals surface area contributed by atoms with Crippen LogP contribution in [0.15, 0.2) is 29.2 Å². The molecule has 5 heteroatoms. The Hall–Kier alpha value is -0.910. The van der Waals surface area contributed by atoms with E-state index in [9.17, 15) is 8.42 Å². The highest BCUT2D eigenvalue weighted by Gasteiger charge is 2.27. The summed E-state index contributed by atoms with van der Waals surface area (Å²) in [5.74, 6) is 0. The molecule has 2 rings (SSSR count). The molecule has 1 aromatic carbocycles. The largest absolute Gasteiger partial charge is 0.310 e. The molecule has 0 radical (unpaired) electrons. The van der Waals surface area contributed by atoms with Gasteiger partial charge in [0, 0.05) is 18.1 Å². The lowest BCUT2D eigenvalue weighted by Gasteiger charge is -2.27. The van der Waals surface area contributed by atoms with E-state index in [4.69, 9.17) is 0 Å². The molecule has 4 nitrogen and oxygen atoms in total. The molecule has 0 bridgehead atoms. The first-order valence-corrected chi connectivity index (χ1v) is 9.23. The lowest BCUT2D eigenvalue weighted by Crippen LogP contribution is -2.44. The van der Waals surface area contributed by atoms with Crippen molar-refractivity contribution in [2.45, 2.75) is 69.5 Å². The molecule has 0 amide bonds. The number of nitrogens with one attached hydrogen (secondary N) is 2. The molecular formula is C16H26N2O2S. The van der Waals surface area contributed by atoms with Gasteiger partial charge in [0.05, 0.1) is 4.90 Å². The summed E-state index contributed by atoms with van der Waals surface area (Å²) in [6.07, 6.45) is 4.05. The second kappa shape index (κ2) is 6.46. The predicted octanol–water partition coefficient (Wildman–Crippen LogP) is 2.80. The van der Waals surface area contributed by atoms with Gasteiger partial charge in [-0.3, -0.25) is 0 Å². The molecule has 0 aromatic heterocycles. The van der Waals surface area contributed by atoms with Gasteiger partial charge in [-0.25, -0.2) is 13.1 Å². The molecule has 118 valence electrons. The van der Waals surface area contributed by atoms with E-state index in [-0.39, 0.29) is 5.54 Å². The van der Waals surface area contributed by atoms with Gasteiger partial charge in [0.1, 0.15) is 0 Å². The first kappa shape index (κ1) is 16.5. The zero-order valence-electron chi connectivity index (χ0n) is 13.1. The smallest absolute Gasteiger partial charge is 0.241 e. The van der Waals surface area contributed by atoms with Crippen LogP contribution < -0.4 is 10.0 Å². The number of hydrogen-bond donors (Lipinski definition) is 2. The molecule has 0 heterocycles.